The Kier molecular flexibility index (Phi) is 8.13. The van der Waals surface area contributed by atoms with Gasteiger partial charge < -0.3 is 15.7 Å². The molecule has 0 aliphatic heterocycles. The molecule has 8 heteroatoms. The Morgan fingerprint density at radius 3 is 2.16 bits per heavy atom. The summed E-state index contributed by atoms with van der Waals surface area (Å²) in [7, 11) is 0. The van der Waals surface area contributed by atoms with Gasteiger partial charge in [-0.25, -0.2) is 13.6 Å². The predicted molar refractivity (Wildman–Crippen MR) is 87.4 cm³/mol. The van der Waals surface area contributed by atoms with Crippen molar-refractivity contribution in [3.63, 3.8) is 0 Å². The first kappa shape index (κ1) is 20.7. The van der Waals surface area contributed by atoms with Crippen LogP contribution in [0.15, 0.2) is 30.3 Å². The van der Waals surface area contributed by atoms with Crippen LogP contribution in [0.4, 0.5) is 8.78 Å². The van der Waals surface area contributed by atoms with Crippen LogP contribution < -0.4 is 10.6 Å². The van der Waals surface area contributed by atoms with Gasteiger partial charge in [-0.2, -0.15) is 0 Å². The predicted octanol–water partition coefficient (Wildman–Crippen LogP) is 1.39. The third-order valence-corrected chi connectivity index (χ3v) is 3.39. The van der Waals surface area contributed by atoms with E-state index in [4.69, 9.17) is 5.11 Å². The SMILES string of the molecule is CC(C)NC(Cc1ccccc1)C(=O)NC(CC(F)F)C(=O)C(=O)O. The van der Waals surface area contributed by atoms with Gasteiger partial charge in [-0.05, 0) is 12.0 Å². The van der Waals surface area contributed by atoms with Crippen molar-refractivity contribution in [3.05, 3.63) is 35.9 Å². The van der Waals surface area contributed by atoms with Gasteiger partial charge in [0.15, 0.2) is 0 Å². The Morgan fingerprint density at radius 1 is 1.08 bits per heavy atom. The Labute approximate surface area is 144 Å². The minimum atomic E-state index is -2.92. The highest BCUT2D eigenvalue weighted by Crippen LogP contribution is 2.08. The van der Waals surface area contributed by atoms with E-state index < -0.39 is 42.6 Å². The average Bonchev–Trinajstić information content (AvgIpc) is 2.52. The lowest BCUT2D eigenvalue weighted by Gasteiger charge is -2.23. The first-order chi connectivity index (χ1) is 11.7. The van der Waals surface area contributed by atoms with Crippen LogP contribution in [-0.2, 0) is 20.8 Å². The number of carboxylic acid groups (broad SMARTS) is 1. The fraction of sp³-hybridized carbons (Fsp3) is 0.471. The summed E-state index contributed by atoms with van der Waals surface area (Å²) in [5, 5.41) is 13.9. The molecule has 0 aromatic heterocycles. The van der Waals surface area contributed by atoms with Crippen molar-refractivity contribution in [1.82, 2.24) is 10.6 Å². The monoisotopic (exact) mass is 356 g/mol. The molecule has 0 spiro atoms. The van der Waals surface area contributed by atoms with Gasteiger partial charge in [0, 0.05) is 12.5 Å². The van der Waals surface area contributed by atoms with E-state index in [1.165, 1.54) is 0 Å². The van der Waals surface area contributed by atoms with Crippen molar-refractivity contribution >= 4 is 17.7 Å². The van der Waals surface area contributed by atoms with Crippen LogP contribution in [0.5, 0.6) is 0 Å². The van der Waals surface area contributed by atoms with Crippen LogP contribution in [-0.4, -0.2) is 47.3 Å². The number of alkyl halides is 2. The number of rotatable bonds is 10. The van der Waals surface area contributed by atoms with Gasteiger partial charge in [0.05, 0.1) is 6.04 Å². The molecule has 0 fully saturated rings. The fourth-order valence-corrected chi connectivity index (χ4v) is 2.31. The number of carboxylic acids is 1. The molecule has 1 amide bonds. The molecule has 138 valence electrons. The number of nitrogens with one attached hydrogen (secondary N) is 2. The van der Waals surface area contributed by atoms with Crippen molar-refractivity contribution in [2.24, 2.45) is 0 Å². The zero-order chi connectivity index (χ0) is 19.0. The third-order valence-electron chi connectivity index (χ3n) is 3.39. The van der Waals surface area contributed by atoms with Gasteiger partial charge in [0.2, 0.25) is 12.3 Å². The summed E-state index contributed by atoms with van der Waals surface area (Å²) in [5.41, 5.74) is 0.839. The topological polar surface area (TPSA) is 95.5 Å². The summed E-state index contributed by atoms with van der Waals surface area (Å²) < 4.78 is 25.2. The molecule has 0 radical (unpaired) electrons. The number of benzene rings is 1. The quantitative estimate of drug-likeness (QED) is 0.551. The molecule has 0 bridgehead atoms. The fourth-order valence-electron chi connectivity index (χ4n) is 2.31. The Balaban J connectivity index is 2.90. The van der Waals surface area contributed by atoms with E-state index in [0.29, 0.717) is 0 Å². The van der Waals surface area contributed by atoms with Crippen molar-refractivity contribution in [1.29, 1.82) is 0 Å². The smallest absolute Gasteiger partial charge is 0.374 e. The molecule has 1 aromatic rings. The minimum absolute atomic E-state index is 0.0804. The van der Waals surface area contributed by atoms with Crippen LogP contribution in [0.3, 0.4) is 0 Å². The molecule has 2 unspecified atom stereocenters. The summed E-state index contributed by atoms with van der Waals surface area (Å²) in [6.45, 7) is 3.62. The van der Waals surface area contributed by atoms with Crippen LogP contribution in [0.25, 0.3) is 0 Å². The van der Waals surface area contributed by atoms with Gasteiger partial charge in [0.25, 0.3) is 5.78 Å². The molecule has 0 heterocycles. The van der Waals surface area contributed by atoms with E-state index in [9.17, 15) is 23.2 Å². The summed E-state index contributed by atoms with van der Waals surface area (Å²) >= 11 is 0. The molecule has 1 aromatic carbocycles. The van der Waals surface area contributed by atoms with Crippen molar-refractivity contribution < 1.29 is 28.3 Å². The van der Waals surface area contributed by atoms with Crippen molar-refractivity contribution in [2.75, 3.05) is 0 Å². The molecule has 0 saturated heterocycles. The van der Waals surface area contributed by atoms with E-state index in [2.05, 4.69) is 10.6 Å². The lowest BCUT2D eigenvalue weighted by molar-refractivity contribution is -0.151. The zero-order valence-electron chi connectivity index (χ0n) is 14.0. The number of ketones is 1. The zero-order valence-corrected chi connectivity index (χ0v) is 14.0. The molecule has 6 nitrogen and oxygen atoms in total. The third kappa shape index (κ3) is 7.38. The summed E-state index contributed by atoms with van der Waals surface area (Å²) in [6.07, 6.45) is -3.69. The highest BCUT2D eigenvalue weighted by Gasteiger charge is 2.31. The molecular weight excluding hydrogens is 334 g/mol. The van der Waals surface area contributed by atoms with E-state index in [-0.39, 0.29) is 12.5 Å². The van der Waals surface area contributed by atoms with E-state index in [0.717, 1.165) is 5.56 Å². The van der Waals surface area contributed by atoms with Crippen LogP contribution >= 0.6 is 0 Å². The number of hydrogen-bond donors (Lipinski definition) is 3. The second-order valence-electron chi connectivity index (χ2n) is 5.92. The Morgan fingerprint density at radius 2 is 1.68 bits per heavy atom. The highest BCUT2D eigenvalue weighted by atomic mass is 19.3. The molecule has 0 aliphatic rings. The lowest BCUT2D eigenvalue weighted by atomic mass is 10.0. The number of amides is 1. The first-order valence-corrected chi connectivity index (χ1v) is 7.86. The molecule has 0 aliphatic carbocycles. The van der Waals surface area contributed by atoms with Crippen LogP contribution in [0.1, 0.15) is 25.8 Å². The molecule has 25 heavy (non-hydrogen) atoms. The summed E-state index contributed by atoms with van der Waals surface area (Å²) in [6, 6.07) is 6.39. The number of aliphatic carboxylic acids is 1. The molecular formula is C17H22F2N2O4. The van der Waals surface area contributed by atoms with Crippen molar-refractivity contribution in [2.45, 2.75) is 51.2 Å². The van der Waals surface area contributed by atoms with E-state index >= 15 is 0 Å². The standard InChI is InChI=1S/C17H22F2N2O4/c1-10(2)20-13(8-11-6-4-3-5-7-11)16(23)21-12(9-14(18)19)15(22)17(24)25/h3-7,10,12-14,20H,8-9H2,1-2H3,(H,21,23)(H,24,25). The number of carbonyl (C=O) groups excluding carboxylic acids is 2. The lowest BCUT2D eigenvalue weighted by Crippen LogP contribution is -2.54. The second-order valence-corrected chi connectivity index (χ2v) is 5.92. The molecule has 3 N–H and O–H groups in total. The minimum Gasteiger partial charge on any atom is -0.475 e. The van der Waals surface area contributed by atoms with Crippen molar-refractivity contribution in [3.8, 4) is 0 Å². The van der Waals surface area contributed by atoms with Gasteiger partial charge in [-0.15, -0.1) is 0 Å². The maximum Gasteiger partial charge on any atom is 0.374 e. The molecule has 0 saturated carbocycles. The maximum absolute atomic E-state index is 12.6. The molecule has 1 rings (SSSR count). The van der Waals surface area contributed by atoms with Crippen LogP contribution in [0.2, 0.25) is 0 Å². The van der Waals surface area contributed by atoms with E-state index in [1.807, 2.05) is 19.9 Å². The summed E-state index contributed by atoms with van der Waals surface area (Å²) in [4.78, 5) is 34.8. The first-order valence-electron chi connectivity index (χ1n) is 7.86. The summed E-state index contributed by atoms with van der Waals surface area (Å²) in [5.74, 6) is -4.02. The Bertz CT molecular complexity index is 594. The van der Waals surface area contributed by atoms with Crippen LogP contribution in [0, 0.1) is 0 Å². The number of Topliss-reactive ketones (excluding diaryl/α,β-unsaturated/α-hetero) is 1. The normalized spacial score (nSPS) is 13.5. The van der Waals surface area contributed by atoms with Gasteiger partial charge >= 0.3 is 5.97 Å². The number of halogens is 2. The average molecular weight is 356 g/mol. The Hall–Kier alpha value is -2.35. The molecule has 2 atom stereocenters. The largest absolute Gasteiger partial charge is 0.475 e. The van der Waals surface area contributed by atoms with Gasteiger partial charge in [-0.3, -0.25) is 9.59 Å². The number of carbonyl (C=O) groups is 3. The number of hydrogen-bond acceptors (Lipinski definition) is 4. The van der Waals surface area contributed by atoms with E-state index in [1.54, 1.807) is 24.3 Å². The van der Waals surface area contributed by atoms with Gasteiger partial charge in [-0.1, -0.05) is 44.2 Å². The maximum atomic E-state index is 12.6. The highest BCUT2D eigenvalue weighted by molar-refractivity contribution is 6.35. The second kappa shape index (κ2) is 9.83. The van der Waals surface area contributed by atoms with Gasteiger partial charge in [0.1, 0.15) is 6.04 Å².